The molecule has 3 aromatic rings. The summed E-state index contributed by atoms with van der Waals surface area (Å²) in [5.74, 6) is 0.123. The molecular weight excluding hydrogens is 358 g/mol. The summed E-state index contributed by atoms with van der Waals surface area (Å²) in [5.41, 5.74) is 0.925. The fraction of sp³-hybridized carbons (Fsp3) is 0.222. The summed E-state index contributed by atoms with van der Waals surface area (Å²) in [5, 5.41) is 0. The van der Waals surface area contributed by atoms with E-state index in [-0.39, 0.29) is 4.34 Å². The van der Waals surface area contributed by atoms with Crippen LogP contribution in [0.2, 0.25) is 0 Å². The topological polar surface area (TPSA) is 73.3 Å². The number of ketones is 1. The van der Waals surface area contributed by atoms with Gasteiger partial charge in [-0.25, -0.2) is 13.4 Å². The van der Waals surface area contributed by atoms with Gasteiger partial charge in [-0.1, -0.05) is 12.1 Å². The molecule has 0 unspecified atom stereocenters. The first-order chi connectivity index (χ1) is 11.8. The quantitative estimate of drug-likeness (QED) is 0.635. The molecule has 0 amide bonds. The number of carbonyl (C=O) groups is 1. The van der Waals surface area contributed by atoms with Crippen molar-refractivity contribution in [3.63, 3.8) is 0 Å². The molecule has 2 aromatic carbocycles. The minimum Gasteiger partial charge on any atom is -0.497 e. The molecule has 7 heteroatoms. The molecule has 0 N–H and O–H groups in total. The number of benzene rings is 2. The molecule has 25 heavy (non-hydrogen) atoms. The van der Waals surface area contributed by atoms with Gasteiger partial charge in [0.25, 0.3) is 0 Å². The molecule has 0 saturated carbocycles. The average molecular weight is 375 g/mol. The summed E-state index contributed by atoms with van der Waals surface area (Å²) in [6.07, 6.45) is 0. The lowest BCUT2D eigenvalue weighted by Gasteiger charge is -2.22. The maximum absolute atomic E-state index is 13.1. The number of sulfone groups is 1. The zero-order valence-corrected chi connectivity index (χ0v) is 15.6. The van der Waals surface area contributed by atoms with E-state index in [0.29, 0.717) is 16.8 Å². The lowest BCUT2D eigenvalue weighted by Crippen LogP contribution is -2.40. The molecule has 0 atom stereocenters. The van der Waals surface area contributed by atoms with Crippen LogP contribution in [0.15, 0.2) is 52.9 Å². The van der Waals surface area contributed by atoms with Crippen molar-refractivity contribution >= 4 is 37.2 Å². The predicted molar refractivity (Wildman–Crippen MR) is 98.2 cm³/mol. The van der Waals surface area contributed by atoms with Gasteiger partial charge in [-0.05, 0) is 50.2 Å². The van der Waals surface area contributed by atoms with Crippen LogP contribution >= 0.6 is 11.3 Å². The molecule has 1 heterocycles. The number of aromatic nitrogens is 1. The minimum atomic E-state index is -3.94. The van der Waals surface area contributed by atoms with Crippen LogP contribution < -0.4 is 4.74 Å². The van der Waals surface area contributed by atoms with Gasteiger partial charge in [-0.15, -0.1) is 11.3 Å². The first-order valence-electron chi connectivity index (χ1n) is 7.56. The summed E-state index contributed by atoms with van der Waals surface area (Å²) < 4.78 is 30.3. The Labute approximate surface area is 150 Å². The van der Waals surface area contributed by atoms with Crippen LogP contribution in [0.3, 0.4) is 0 Å². The minimum absolute atomic E-state index is 0.0411. The number of rotatable bonds is 5. The van der Waals surface area contributed by atoms with E-state index in [0.717, 1.165) is 16.0 Å². The standard InChI is InChI=1S/C18H17NO4S2/c1-18(2,16(20)12-8-10-13(23-3)11-9-12)25(21,22)17-19-14-6-4-5-7-15(14)24-17/h4-11H,1-3H3. The van der Waals surface area contributed by atoms with Crippen LogP contribution in [-0.2, 0) is 9.84 Å². The third-order valence-corrected chi connectivity index (χ3v) is 7.89. The van der Waals surface area contributed by atoms with Gasteiger partial charge >= 0.3 is 0 Å². The Kier molecular flexibility index (Phi) is 4.38. The zero-order chi connectivity index (χ0) is 18.2. The van der Waals surface area contributed by atoms with Crippen molar-refractivity contribution in [3.05, 3.63) is 54.1 Å². The van der Waals surface area contributed by atoms with E-state index < -0.39 is 20.4 Å². The SMILES string of the molecule is COc1ccc(C(=O)C(C)(C)S(=O)(=O)c2nc3ccccc3s2)cc1. The number of hydrogen-bond donors (Lipinski definition) is 0. The Morgan fingerprint density at radius 2 is 1.72 bits per heavy atom. The van der Waals surface area contributed by atoms with Crippen molar-refractivity contribution in [3.8, 4) is 5.75 Å². The van der Waals surface area contributed by atoms with Crippen LogP contribution in [0.4, 0.5) is 0 Å². The normalized spacial score (nSPS) is 12.3. The second-order valence-corrected chi connectivity index (χ2v) is 9.72. The first kappa shape index (κ1) is 17.6. The third-order valence-electron chi connectivity index (χ3n) is 4.08. The molecule has 0 spiro atoms. The molecule has 0 aliphatic carbocycles. The van der Waals surface area contributed by atoms with Crippen molar-refractivity contribution < 1.29 is 17.9 Å². The van der Waals surface area contributed by atoms with E-state index in [9.17, 15) is 13.2 Å². The predicted octanol–water partition coefficient (Wildman–Crippen LogP) is 3.74. The molecule has 0 fully saturated rings. The van der Waals surface area contributed by atoms with E-state index >= 15 is 0 Å². The van der Waals surface area contributed by atoms with E-state index in [1.54, 1.807) is 36.4 Å². The molecule has 1 aromatic heterocycles. The molecule has 0 saturated heterocycles. The van der Waals surface area contributed by atoms with Gasteiger partial charge in [-0.3, -0.25) is 4.79 Å². The molecule has 0 aliphatic rings. The zero-order valence-electron chi connectivity index (χ0n) is 14.0. The second kappa shape index (κ2) is 6.24. The van der Waals surface area contributed by atoms with Gasteiger partial charge in [0.1, 0.15) is 10.5 Å². The van der Waals surface area contributed by atoms with Gasteiger partial charge in [0.05, 0.1) is 17.3 Å². The van der Waals surface area contributed by atoms with Gasteiger partial charge in [0.2, 0.25) is 14.2 Å². The molecule has 3 rings (SSSR count). The summed E-state index contributed by atoms with van der Waals surface area (Å²) in [7, 11) is -2.41. The maximum Gasteiger partial charge on any atom is 0.217 e. The molecular formula is C18H17NO4S2. The Morgan fingerprint density at radius 1 is 1.08 bits per heavy atom. The van der Waals surface area contributed by atoms with Crippen LogP contribution in [0, 0.1) is 0 Å². The highest BCUT2D eigenvalue weighted by molar-refractivity contribution is 7.95. The van der Waals surface area contributed by atoms with Crippen LogP contribution in [-0.4, -0.2) is 31.0 Å². The van der Waals surface area contributed by atoms with E-state index in [2.05, 4.69) is 4.98 Å². The summed E-state index contributed by atoms with van der Waals surface area (Å²) in [6.45, 7) is 2.84. The van der Waals surface area contributed by atoms with Crippen LogP contribution in [0.1, 0.15) is 24.2 Å². The summed E-state index contributed by atoms with van der Waals surface area (Å²) in [6, 6.07) is 13.6. The number of hydrogen-bond acceptors (Lipinski definition) is 6. The Bertz CT molecular complexity index is 1000. The number of thiazole rings is 1. The van der Waals surface area contributed by atoms with Crippen molar-refractivity contribution in [2.45, 2.75) is 22.9 Å². The number of fused-ring (bicyclic) bond motifs is 1. The number of methoxy groups -OCH3 is 1. The van der Waals surface area contributed by atoms with E-state index in [1.165, 1.54) is 21.0 Å². The first-order valence-corrected chi connectivity index (χ1v) is 9.86. The highest BCUT2D eigenvalue weighted by Crippen LogP contribution is 2.34. The fourth-order valence-corrected chi connectivity index (χ4v) is 5.44. The van der Waals surface area contributed by atoms with Crippen molar-refractivity contribution in [1.29, 1.82) is 0 Å². The van der Waals surface area contributed by atoms with Gasteiger partial charge in [-0.2, -0.15) is 0 Å². The number of para-hydroxylation sites is 1. The molecule has 130 valence electrons. The molecule has 0 aliphatic heterocycles. The Morgan fingerprint density at radius 3 is 2.32 bits per heavy atom. The largest absolute Gasteiger partial charge is 0.497 e. The lowest BCUT2D eigenvalue weighted by molar-refractivity contribution is 0.0953. The second-order valence-electron chi connectivity index (χ2n) is 6.02. The van der Waals surface area contributed by atoms with Crippen molar-refractivity contribution in [1.82, 2.24) is 4.98 Å². The van der Waals surface area contributed by atoms with Crippen LogP contribution in [0.25, 0.3) is 10.2 Å². The Balaban J connectivity index is 2.02. The number of ether oxygens (including phenoxy) is 1. The highest BCUT2D eigenvalue weighted by atomic mass is 32.2. The number of Topliss-reactive ketones (excluding diaryl/α,β-unsaturated/α-hetero) is 1. The highest BCUT2D eigenvalue weighted by Gasteiger charge is 2.44. The molecule has 5 nitrogen and oxygen atoms in total. The smallest absolute Gasteiger partial charge is 0.217 e. The summed E-state index contributed by atoms with van der Waals surface area (Å²) >= 11 is 1.08. The van der Waals surface area contributed by atoms with Crippen molar-refractivity contribution in [2.75, 3.05) is 7.11 Å². The Hall–Kier alpha value is -2.25. The van der Waals surface area contributed by atoms with Gasteiger partial charge < -0.3 is 4.74 Å². The third kappa shape index (κ3) is 2.94. The monoisotopic (exact) mass is 375 g/mol. The van der Waals surface area contributed by atoms with Crippen LogP contribution in [0.5, 0.6) is 5.75 Å². The molecule has 0 bridgehead atoms. The van der Waals surface area contributed by atoms with Gasteiger partial charge in [0, 0.05) is 5.56 Å². The lowest BCUT2D eigenvalue weighted by atomic mass is 10.0. The van der Waals surface area contributed by atoms with Gasteiger partial charge in [0.15, 0.2) is 5.78 Å². The average Bonchev–Trinajstić information content (AvgIpc) is 3.06. The van der Waals surface area contributed by atoms with E-state index in [1.807, 2.05) is 12.1 Å². The number of nitrogens with zero attached hydrogens (tertiary/aromatic N) is 1. The summed E-state index contributed by atoms with van der Waals surface area (Å²) in [4.78, 5) is 17.1. The number of carbonyl (C=O) groups excluding carboxylic acids is 1. The van der Waals surface area contributed by atoms with E-state index in [4.69, 9.17) is 4.74 Å². The molecule has 0 radical (unpaired) electrons. The maximum atomic E-state index is 13.1. The van der Waals surface area contributed by atoms with Crippen molar-refractivity contribution in [2.24, 2.45) is 0 Å². The fourth-order valence-electron chi connectivity index (χ4n) is 2.40.